The number of esters is 5. The third kappa shape index (κ3) is 11.7. The standard InChI is InChI=1S/C52H44ClFO12/c1-31-24-25-34(28-42(31)54)26-40-41(53)27-35(30-60-33(3)55)29-43(40)62-52-47(65-51(59)39-22-14-7-15-23-39)46(64-50(58)38-20-12-6-13-21-38)45(63-49(57)37-18-10-5-11-19-37)44(66-52)32(2)61-48(56)36-16-8-4-9-17-36/h4-25,27-29,32,44-47,52H,26,30H2,1-3H3/t32-,44-,45-,46+,47-,52-/m1/s1. The molecule has 0 bridgehead atoms. The molecule has 1 heterocycles. The van der Waals surface area contributed by atoms with Crippen molar-refractivity contribution >= 4 is 41.4 Å². The number of rotatable bonds is 15. The minimum Gasteiger partial charge on any atom is -0.461 e. The molecule has 14 heteroatoms. The van der Waals surface area contributed by atoms with Crippen LogP contribution in [0.25, 0.3) is 0 Å². The monoisotopic (exact) mass is 914 g/mol. The number of aryl methyl sites for hydroxylation is 1. The highest BCUT2D eigenvalue weighted by Gasteiger charge is 2.56. The molecule has 0 saturated carbocycles. The van der Waals surface area contributed by atoms with E-state index < -0.39 is 72.5 Å². The SMILES string of the molecule is CC(=O)OCc1cc(Cl)c(Cc2ccc(C)c(F)c2)c(O[C@@H]2O[C@H]([C@@H](C)OC(=O)c3ccccc3)[C@@H](OC(=O)c3ccccc3)[C@H](OC(=O)c3ccccc3)[C@H]2OC(=O)c2ccccc2)c1. The molecular formula is C52H44ClFO12. The Hall–Kier alpha value is -7.35. The summed E-state index contributed by atoms with van der Waals surface area (Å²) in [6.45, 7) is 4.13. The first kappa shape index (κ1) is 46.6. The van der Waals surface area contributed by atoms with E-state index in [1.54, 1.807) is 110 Å². The fourth-order valence-corrected chi connectivity index (χ4v) is 7.46. The molecule has 0 N–H and O–H groups in total. The molecule has 12 nitrogen and oxygen atoms in total. The Kier molecular flexibility index (Phi) is 15.2. The van der Waals surface area contributed by atoms with Gasteiger partial charge in [0, 0.05) is 23.9 Å². The average Bonchev–Trinajstić information content (AvgIpc) is 3.33. The molecule has 0 unspecified atom stereocenters. The minimum atomic E-state index is -1.76. The number of halogens is 2. The van der Waals surface area contributed by atoms with E-state index in [0.29, 0.717) is 22.3 Å². The van der Waals surface area contributed by atoms with Gasteiger partial charge >= 0.3 is 29.8 Å². The lowest BCUT2D eigenvalue weighted by molar-refractivity contribution is -0.284. The molecule has 6 aromatic carbocycles. The van der Waals surface area contributed by atoms with Crippen molar-refractivity contribution in [1.29, 1.82) is 0 Å². The molecule has 338 valence electrons. The van der Waals surface area contributed by atoms with Crippen molar-refractivity contribution in [3.63, 3.8) is 0 Å². The smallest absolute Gasteiger partial charge is 0.338 e. The molecule has 6 aromatic rings. The van der Waals surface area contributed by atoms with Crippen molar-refractivity contribution in [1.82, 2.24) is 0 Å². The highest BCUT2D eigenvalue weighted by Crippen LogP contribution is 2.38. The fourth-order valence-electron chi connectivity index (χ4n) is 7.16. The number of hydrogen-bond donors (Lipinski definition) is 0. The predicted octanol–water partition coefficient (Wildman–Crippen LogP) is 9.47. The van der Waals surface area contributed by atoms with Crippen molar-refractivity contribution in [2.75, 3.05) is 0 Å². The molecule has 0 aliphatic carbocycles. The van der Waals surface area contributed by atoms with Crippen LogP contribution in [0.3, 0.4) is 0 Å². The molecule has 7 rings (SSSR count). The quantitative estimate of drug-likeness (QED) is 0.0713. The van der Waals surface area contributed by atoms with Gasteiger partial charge in [0.15, 0.2) is 12.2 Å². The Morgan fingerprint density at radius 3 is 1.61 bits per heavy atom. The van der Waals surface area contributed by atoms with Crippen molar-refractivity contribution in [2.24, 2.45) is 0 Å². The molecule has 0 aromatic heterocycles. The van der Waals surface area contributed by atoms with Crippen LogP contribution in [0.2, 0.25) is 5.02 Å². The van der Waals surface area contributed by atoms with E-state index in [-0.39, 0.29) is 46.1 Å². The minimum absolute atomic E-state index is 0.0111. The molecule has 66 heavy (non-hydrogen) atoms. The fraction of sp³-hybridized carbons (Fsp3) is 0.212. The van der Waals surface area contributed by atoms with Crippen molar-refractivity contribution < 1.29 is 61.5 Å². The van der Waals surface area contributed by atoms with E-state index in [0.717, 1.165) is 0 Å². The Labute approximate surface area is 385 Å². The molecule has 1 aliphatic heterocycles. The van der Waals surface area contributed by atoms with Gasteiger partial charge in [0.25, 0.3) is 0 Å². The second-order valence-corrected chi connectivity index (χ2v) is 15.8. The predicted molar refractivity (Wildman–Crippen MR) is 238 cm³/mol. The zero-order chi connectivity index (χ0) is 46.7. The number of hydrogen-bond acceptors (Lipinski definition) is 12. The van der Waals surface area contributed by atoms with Crippen LogP contribution in [0.4, 0.5) is 4.39 Å². The zero-order valence-corrected chi connectivity index (χ0v) is 36.7. The first-order valence-electron chi connectivity index (χ1n) is 20.9. The first-order chi connectivity index (χ1) is 31.8. The lowest BCUT2D eigenvalue weighted by atomic mass is 9.94. The lowest BCUT2D eigenvalue weighted by Crippen LogP contribution is -2.65. The van der Waals surface area contributed by atoms with Crippen LogP contribution < -0.4 is 4.74 Å². The number of ether oxygens (including phenoxy) is 7. The maximum atomic E-state index is 14.9. The van der Waals surface area contributed by atoms with Gasteiger partial charge in [-0.3, -0.25) is 4.79 Å². The molecule has 6 atom stereocenters. The van der Waals surface area contributed by atoms with Crippen LogP contribution in [0, 0.1) is 12.7 Å². The zero-order valence-electron chi connectivity index (χ0n) is 36.0. The summed E-state index contributed by atoms with van der Waals surface area (Å²) in [6.07, 6.45) is -9.64. The van der Waals surface area contributed by atoms with Gasteiger partial charge in [-0.1, -0.05) is 96.5 Å². The van der Waals surface area contributed by atoms with E-state index in [2.05, 4.69) is 0 Å². The maximum absolute atomic E-state index is 14.9. The molecule has 1 fully saturated rings. The topological polar surface area (TPSA) is 150 Å². The van der Waals surface area contributed by atoms with Gasteiger partial charge in [0.2, 0.25) is 12.4 Å². The van der Waals surface area contributed by atoms with Crippen LogP contribution in [0.15, 0.2) is 152 Å². The molecule has 0 amide bonds. The third-order valence-corrected chi connectivity index (χ3v) is 10.9. The van der Waals surface area contributed by atoms with Crippen LogP contribution in [-0.4, -0.2) is 66.7 Å². The molecule has 0 radical (unpaired) electrons. The summed E-state index contributed by atoms with van der Waals surface area (Å²) in [7, 11) is 0. The van der Waals surface area contributed by atoms with Gasteiger partial charge in [0.1, 0.15) is 30.4 Å². The van der Waals surface area contributed by atoms with Crippen molar-refractivity contribution in [2.45, 2.75) is 70.6 Å². The summed E-state index contributed by atoms with van der Waals surface area (Å²) < 4.78 is 58.3. The van der Waals surface area contributed by atoms with Gasteiger partial charge in [-0.05, 0) is 97.3 Å². The van der Waals surface area contributed by atoms with E-state index in [1.165, 1.54) is 62.4 Å². The Morgan fingerprint density at radius 2 is 1.11 bits per heavy atom. The Bertz CT molecular complexity index is 2670. The van der Waals surface area contributed by atoms with E-state index in [9.17, 15) is 28.4 Å². The van der Waals surface area contributed by atoms with Crippen LogP contribution in [0.5, 0.6) is 5.75 Å². The van der Waals surface area contributed by atoms with Gasteiger partial charge in [-0.2, -0.15) is 0 Å². The molecule has 0 spiro atoms. The van der Waals surface area contributed by atoms with Crippen molar-refractivity contribution in [3.05, 3.63) is 207 Å². The summed E-state index contributed by atoms with van der Waals surface area (Å²) in [4.78, 5) is 67.9. The highest BCUT2D eigenvalue weighted by molar-refractivity contribution is 6.31. The van der Waals surface area contributed by atoms with E-state index in [4.69, 9.17) is 44.8 Å². The van der Waals surface area contributed by atoms with Crippen LogP contribution in [-0.2, 0) is 46.2 Å². The summed E-state index contributed by atoms with van der Waals surface area (Å²) in [6, 6.07) is 39.8. The van der Waals surface area contributed by atoms with Crippen molar-refractivity contribution in [3.8, 4) is 5.75 Å². The molecular weight excluding hydrogens is 871 g/mol. The van der Waals surface area contributed by atoms with Gasteiger partial charge in [-0.15, -0.1) is 0 Å². The van der Waals surface area contributed by atoms with E-state index >= 15 is 0 Å². The van der Waals surface area contributed by atoms with Gasteiger partial charge in [-0.25, -0.2) is 23.6 Å². The third-order valence-electron chi connectivity index (χ3n) is 10.6. The molecule has 1 saturated heterocycles. The average molecular weight is 915 g/mol. The Morgan fingerprint density at radius 1 is 0.621 bits per heavy atom. The highest BCUT2D eigenvalue weighted by atomic mass is 35.5. The number of carbonyl (C=O) groups excluding carboxylic acids is 5. The molecule has 1 aliphatic rings. The first-order valence-corrected chi connectivity index (χ1v) is 21.3. The van der Waals surface area contributed by atoms with E-state index in [1.807, 2.05) is 0 Å². The maximum Gasteiger partial charge on any atom is 0.338 e. The number of benzene rings is 6. The van der Waals surface area contributed by atoms with Gasteiger partial charge < -0.3 is 33.2 Å². The van der Waals surface area contributed by atoms with Gasteiger partial charge in [0.05, 0.1) is 22.3 Å². The second kappa shape index (κ2) is 21.6. The Balaban J connectivity index is 1.39. The van der Waals surface area contributed by atoms with Crippen LogP contribution >= 0.6 is 11.6 Å². The summed E-state index contributed by atoms with van der Waals surface area (Å²) in [5.74, 6) is -4.45. The summed E-state index contributed by atoms with van der Waals surface area (Å²) in [5, 5.41) is 0.132. The largest absolute Gasteiger partial charge is 0.461 e. The summed E-state index contributed by atoms with van der Waals surface area (Å²) >= 11 is 6.96. The summed E-state index contributed by atoms with van der Waals surface area (Å²) in [5.41, 5.74) is 2.14. The normalized spacial score (nSPS) is 18.2. The second-order valence-electron chi connectivity index (χ2n) is 15.4. The van der Waals surface area contributed by atoms with Crippen LogP contribution in [0.1, 0.15) is 77.5 Å². The number of carbonyl (C=O) groups is 5. The lowest BCUT2D eigenvalue weighted by Gasteiger charge is -2.45.